The maximum Gasteiger partial charge on any atom is 0.358 e. The second-order valence-electron chi connectivity index (χ2n) is 4.80. The minimum Gasteiger partial charge on any atom is -0.464 e. The standard InChI is InChI=1S/C15H15N3O2/c1-20-15(19)13-8-16-9-14(18-13)17-12-6-10-4-2-3-5-11(10)7-12/h2-5,8-9,12H,6-7H2,1H3,(H,17,18). The highest BCUT2D eigenvalue weighted by Crippen LogP contribution is 2.23. The molecule has 2 aromatic rings. The molecular formula is C15H15N3O2. The van der Waals surface area contributed by atoms with Crippen molar-refractivity contribution in [3.63, 3.8) is 0 Å². The Labute approximate surface area is 117 Å². The van der Waals surface area contributed by atoms with E-state index in [0.717, 1.165) is 12.8 Å². The molecule has 0 bridgehead atoms. The number of ether oxygens (including phenoxy) is 1. The number of methoxy groups -OCH3 is 1. The summed E-state index contributed by atoms with van der Waals surface area (Å²) in [5.41, 5.74) is 2.94. The summed E-state index contributed by atoms with van der Waals surface area (Å²) in [7, 11) is 1.33. The Hall–Kier alpha value is -2.43. The second-order valence-corrected chi connectivity index (χ2v) is 4.80. The van der Waals surface area contributed by atoms with E-state index in [-0.39, 0.29) is 11.7 Å². The summed E-state index contributed by atoms with van der Waals surface area (Å²) in [5, 5.41) is 3.33. The molecule has 1 N–H and O–H groups in total. The van der Waals surface area contributed by atoms with Crippen LogP contribution in [0, 0.1) is 0 Å². The third-order valence-corrected chi connectivity index (χ3v) is 3.43. The van der Waals surface area contributed by atoms with Gasteiger partial charge in [0.2, 0.25) is 0 Å². The van der Waals surface area contributed by atoms with Gasteiger partial charge >= 0.3 is 5.97 Å². The molecule has 1 aromatic carbocycles. The van der Waals surface area contributed by atoms with Gasteiger partial charge in [-0.1, -0.05) is 24.3 Å². The van der Waals surface area contributed by atoms with Crippen LogP contribution in [-0.4, -0.2) is 29.1 Å². The van der Waals surface area contributed by atoms with Crippen molar-refractivity contribution < 1.29 is 9.53 Å². The van der Waals surface area contributed by atoms with E-state index in [1.165, 1.54) is 24.4 Å². The first-order valence-corrected chi connectivity index (χ1v) is 6.50. The molecule has 0 unspecified atom stereocenters. The van der Waals surface area contributed by atoms with E-state index in [1.807, 2.05) is 0 Å². The number of nitrogens with zero attached hydrogens (tertiary/aromatic N) is 2. The van der Waals surface area contributed by atoms with Crippen molar-refractivity contribution in [2.45, 2.75) is 18.9 Å². The number of carbonyl (C=O) groups excluding carboxylic acids is 1. The Morgan fingerprint density at radius 3 is 2.60 bits per heavy atom. The number of rotatable bonds is 3. The molecule has 0 saturated heterocycles. The number of aromatic nitrogens is 2. The number of hydrogen-bond donors (Lipinski definition) is 1. The lowest BCUT2D eigenvalue weighted by Gasteiger charge is -2.12. The van der Waals surface area contributed by atoms with Gasteiger partial charge in [-0.3, -0.25) is 4.98 Å². The molecule has 5 nitrogen and oxygen atoms in total. The molecule has 0 amide bonds. The number of benzene rings is 1. The molecule has 5 heteroatoms. The number of nitrogens with one attached hydrogen (secondary N) is 1. The van der Waals surface area contributed by atoms with Crippen molar-refractivity contribution in [3.8, 4) is 0 Å². The molecule has 0 aliphatic heterocycles. The third kappa shape index (κ3) is 2.47. The Bertz CT molecular complexity index is 618. The van der Waals surface area contributed by atoms with Gasteiger partial charge in [-0.25, -0.2) is 9.78 Å². The van der Waals surface area contributed by atoms with Gasteiger partial charge in [0.15, 0.2) is 5.69 Å². The first-order chi connectivity index (χ1) is 9.76. The predicted octanol–water partition coefficient (Wildman–Crippen LogP) is 1.84. The van der Waals surface area contributed by atoms with Gasteiger partial charge in [0.25, 0.3) is 0 Å². The van der Waals surface area contributed by atoms with Crippen LogP contribution >= 0.6 is 0 Å². The number of anilines is 1. The van der Waals surface area contributed by atoms with Crippen LogP contribution in [0.15, 0.2) is 36.7 Å². The zero-order chi connectivity index (χ0) is 13.9. The SMILES string of the molecule is COC(=O)c1cncc(NC2Cc3ccccc3C2)n1. The van der Waals surface area contributed by atoms with Crippen LogP contribution in [0.3, 0.4) is 0 Å². The van der Waals surface area contributed by atoms with Gasteiger partial charge in [0, 0.05) is 6.04 Å². The van der Waals surface area contributed by atoms with Gasteiger partial charge in [0.05, 0.1) is 19.5 Å². The number of hydrogen-bond acceptors (Lipinski definition) is 5. The highest BCUT2D eigenvalue weighted by Gasteiger charge is 2.21. The van der Waals surface area contributed by atoms with E-state index in [4.69, 9.17) is 0 Å². The van der Waals surface area contributed by atoms with Crippen molar-refractivity contribution in [3.05, 3.63) is 53.5 Å². The van der Waals surface area contributed by atoms with Crippen molar-refractivity contribution in [2.24, 2.45) is 0 Å². The van der Waals surface area contributed by atoms with E-state index in [9.17, 15) is 4.79 Å². The summed E-state index contributed by atoms with van der Waals surface area (Å²) in [6, 6.07) is 8.69. The lowest BCUT2D eigenvalue weighted by molar-refractivity contribution is 0.0593. The van der Waals surface area contributed by atoms with Gasteiger partial charge in [-0.15, -0.1) is 0 Å². The van der Waals surface area contributed by atoms with Crippen LogP contribution in [0.25, 0.3) is 0 Å². The largest absolute Gasteiger partial charge is 0.464 e. The van der Waals surface area contributed by atoms with Crippen molar-refractivity contribution >= 4 is 11.8 Å². The van der Waals surface area contributed by atoms with Crippen molar-refractivity contribution in [2.75, 3.05) is 12.4 Å². The number of carbonyl (C=O) groups is 1. The molecule has 0 spiro atoms. The molecule has 102 valence electrons. The van der Waals surface area contributed by atoms with Crippen LogP contribution < -0.4 is 5.32 Å². The summed E-state index contributed by atoms with van der Waals surface area (Å²) in [6.07, 6.45) is 4.94. The minimum absolute atomic E-state index is 0.216. The fourth-order valence-corrected chi connectivity index (χ4v) is 2.51. The Balaban J connectivity index is 1.72. The van der Waals surface area contributed by atoms with Gasteiger partial charge in [-0.05, 0) is 24.0 Å². The van der Waals surface area contributed by atoms with E-state index in [0.29, 0.717) is 5.82 Å². The predicted molar refractivity (Wildman–Crippen MR) is 74.6 cm³/mol. The molecule has 0 atom stereocenters. The van der Waals surface area contributed by atoms with Crippen LogP contribution in [0.1, 0.15) is 21.6 Å². The monoisotopic (exact) mass is 269 g/mol. The smallest absolute Gasteiger partial charge is 0.358 e. The summed E-state index contributed by atoms with van der Waals surface area (Å²) in [6.45, 7) is 0. The maximum absolute atomic E-state index is 11.4. The Morgan fingerprint density at radius 1 is 1.25 bits per heavy atom. The van der Waals surface area contributed by atoms with Crippen molar-refractivity contribution in [1.29, 1.82) is 0 Å². The van der Waals surface area contributed by atoms with Crippen LogP contribution in [-0.2, 0) is 17.6 Å². The van der Waals surface area contributed by atoms with Crippen molar-refractivity contribution in [1.82, 2.24) is 9.97 Å². The molecule has 1 aromatic heterocycles. The quantitative estimate of drug-likeness (QED) is 0.861. The van der Waals surface area contributed by atoms with Crippen LogP contribution in [0.2, 0.25) is 0 Å². The minimum atomic E-state index is -0.476. The van der Waals surface area contributed by atoms with E-state index in [1.54, 1.807) is 6.20 Å². The summed E-state index contributed by atoms with van der Waals surface area (Å²) in [4.78, 5) is 19.7. The lowest BCUT2D eigenvalue weighted by Crippen LogP contribution is -2.21. The average molecular weight is 269 g/mol. The normalized spacial score (nSPS) is 13.8. The van der Waals surface area contributed by atoms with E-state index >= 15 is 0 Å². The number of esters is 1. The maximum atomic E-state index is 11.4. The fraction of sp³-hybridized carbons (Fsp3) is 0.267. The summed E-state index contributed by atoms with van der Waals surface area (Å²) in [5.74, 6) is 0.126. The van der Waals surface area contributed by atoms with E-state index in [2.05, 4.69) is 44.3 Å². The highest BCUT2D eigenvalue weighted by molar-refractivity contribution is 5.87. The Kier molecular flexibility index (Phi) is 3.33. The summed E-state index contributed by atoms with van der Waals surface area (Å²) >= 11 is 0. The van der Waals surface area contributed by atoms with Crippen LogP contribution in [0.4, 0.5) is 5.82 Å². The topological polar surface area (TPSA) is 64.1 Å². The highest BCUT2D eigenvalue weighted by atomic mass is 16.5. The van der Waals surface area contributed by atoms with E-state index < -0.39 is 5.97 Å². The molecule has 0 fully saturated rings. The third-order valence-electron chi connectivity index (χ3n) is 3.43. The molecule has 3 rings (SSSR count). The van der Waals surface area contributed by atoms with Gasteiger partial charge in [0.1, 0.15) is 5.82 Å². The summed E-state index contributed by atoms with van der Waals surface area (Å²) < 4.78 is 4.64. The zero-order valence-corrected chi connectivity index (χ0v) is 11.2. The molecule has 1 aliphatic carbocycles. The van der Waals surface area contributed by atoms with Crippen LogP contribution in [0.5, 0.6) is 0 Å². The molecule has 0 saturated carbocycles. The fourth-order valence-electron chi connectivity index (χ4n) is 2.51. The van der Waals surface area contributed by atoms with Gasteiger partial charge in [-0.2, -0.15) is 0 Å². The number of fused-ring (bicyclic) bond motifs is 1. The molecule has 1 heterocycles. The second kappa shape index (κ2) is 5.28. The average Bonchev–Trinajstić information content (AvgIpc) is 2.88. The Morgan fingerprint density at radius 2 is 1.95 bits per heavy atom. The zero-order valence-electron chi connectivity index (χ0n) is 11.2. The van der Waals surface area contributed by atoms with Gasteiger partial charge < -0.3 is 10.1 Å². The molecule has 20 heavy (non-hydrogen) atoms. The first-order valence-electron chi connectivity index (χ1n) is 6.50. The first kappa shape index (κ1) is 12.6. The molecular weight excluding hydrogens is 254 g/mol. The molecule has 0 radical (unpaired) electrons. The lowest BCUT2D eigenvalue weighted by atomic mass is 10.1. The molecule has 1 aliphatic rings.